The number of aromatic hydroxyl groups is 1. The molecule has 0 aliphatic heterocycles. The van der Waals surface area contributed by atoms with Gasteiger partial charge in [-0.1, -0.05) is 46.3 Å². The molecule has 0 aliphatic rings. The van der Waals surface area contributed by atoms with Crippen LogP contribution in [0.5, 0.6) is 11.5 Å². The van der Waals surface area contributed by atoms with Crippen LogP contribution in [0.15, 0.2) is 58.1 Å². The van der Waals surface area contributed by atoms with Gasteiger partial charge in [-0.05, 0) is 62.7 Å². The molecule has 0 bridgehead atoms. The Balaban J connectivity index is 1.71. The van der Waals surface area contributed by atoms with Gasteiger partial charge in [-0.25, -0.2) is 5.43 Å². The number of carbonyl (C=O) groups excluding carboxylic acids is 1. The van der Waals surface area contributed by atoms with E-state index >= 15 is 0 Å². The molecule has 0 atom stereocenters. The summed E-state index contributed by atoms with van der Waals surface area (Å²) in [6.07, 6.45) is 1.74. The lowest BCUT2D eigenvalue weighted by atomic mass is 10.0. The van der Waals surface area contributed by atoms with E-state index in [2.05, 4.69) is 26.5 Å². The number of phenols is 1. The Hall–Kier alpha value is -2.13. The first-order valence-corrected chi connectivity index (χ1v) is 9.91. The number of benzene rings is 3. The molecule has 3 aromatic rings. The molecule has 138 valence electrons. The van der Waals surface area contributed by atoms with Gasteiger partial charge in [0.25, 0.3) is 0 Å². The zero-order valence-corrected chi connectivity index (χ0v) is 18.1. The van der Waals surface area contributed by atoms with Crippen LogP contribution < -0.4 is 10.2 Å². The summed E-state index contributed by atoms with van der Waals surface area (Å²) in [5, 5.41) is 16.0. The second-order valence-electron chi connectivity index (χ2n) is 5.78. The van der Waals surface area contributed by atoms with Crippen LogP contribution in [0, 0.1) is 3.57 Å². The Kier molecular flexibility index (Phi) is 6.33. The minimum absolute atomic E-state index is 0.0846. The summed E-state index contributed by atoms with van der Waals surface area (Å²) in [7, 11) is 1.48. The van der Waals surface area contributed by atoms with E-state index in [1.165, 1.54) is 13.3 Å². The highest BCUT2D eigenvalue weighted by Gasteiger charge is 2.09. The molecule has 2 N–H and O–H groups in total. The van der Waals surface area contributed by atoms with Crippen molar-refractivity contribution in [3.63, 3.8) is 0 Å². The van der Waals surface area contributed by atoms with Crippen LogP contribution in [0.4, 0.5) is 0 Å². The van der Waals surface area contributed by atoms with E-state index in [1.54, 1.807) is 12.1 Å². The van der Waals surface area contributed by atoms with Gasteiger partial charge in [-0.2, -0.15) is 5.10 Å². The summed E-state index contributed by atoms with van der Waals surface area (Å²) in [5.74, 6) is 0.233. The topological polar surface area (TPSA) is 70.9 Å². The first kappa shape index (κ1) is 19.6. The van der Waals surface area contributed by atoms with Crippen LogP contribution in [0.2, 0.25) is 0 Å². The number of halogens is 2. The van der Waals surface area contributed by atoms with Crippen LogP contribution in [0.1, 0.15) is 11.1 Å². The molecule has 5 nitrogen and oxygen atoms in total. The number of hydrazone groups is 1. The van der Waals surface area contributed by atoms with E-state index in [-0.39, 0.29) is 18.1 Å². The largest absolute Gasteiger partial charge is 0.504 e. The van der Waals surface area contributed by atoms with E-state index in [1.807, 2.05) is 59.0 Å². The van der Waals surface area contributed by atoms with Gasteiger partial charge in [0, 0.05) is 4.47 Å². The Morgan fingerprint density at radius 3 is 2.74 bits per heavy atom. The normalized spacial score (nSPS) is 11.1. The summed E-state index contributed by atoms with van der Waals surface area (Å²) in [5.41, 5.74) is 4.19. The molecule has 0 aromatic heterocycles. The number of methoxy groups -OCH3 is 1. The third-order valence-corrected chi connectivity index (χ3v) is 5.50. The van der Waals surface area contributed by atoms with E-state index in [0.29, 0.717) is 14.9 Å². The third kappa shape index (κ3) is 4.59. The van der Waals surface area contributed by atoms with Gasteiger partial charge < -0.3 is 9.84 Å². The van der Waals surface area contributed by atoms with Crippen molar-refractivity contribution in [2.24, 2.45) is 5.10 Å². The van der Waals surface area contributed by atoms with Crippen LogP contribution in [-0.4, -0.2) is 24.3 Å². The van der Waals surface area contributed by atoms with Crippen molar-refractivity contribution in [3.05, 3.63) is 67.7 Å². The highest BCUT2D eigenvalue weighted by atomic mass is 127. The molecule has 0 spiro atoms. The number of nitrogens with one attached hydrogen (secondary N) is 1. The zero-order chi connectivity index (χ0) is 19.4. The Labute approximate surface area is 178 Å². The van der Waals surface area contributed by atoms with Crippen molar-refractivity contribution in [2.75, 3.05) is 7.11 Å². The molecular formula is C20H16BrIN2O3. The number of ether oxygens (including phenoxy) is 1. The molecule has 3 rings (SSSR count). The highest BCUT2D eigenvalue weighted by Crippen LogP contribution is 2.31. The third-order valence-electron chi connectivity index (χ3n) is 3.99. The lowest BCUT2D eigenvalue weighted by molar-refractivity contribution is -0.120. The van der Waals surface area contributed by atoms with Crippen LogP contribution in [0.25, 0.3) is 10.8 Å². The maximum Gasteiger partial charge on any atom is 0.244 e. The summed E-state index contributed by atoms with van der Waals surface area (Å²) in [6, 6.07) is 15.2. The fourth-order valence-corrected chi connectivity index (χ4v) is 3.80. The van der Waals surface area contributed by atoms with Crippen LogP contribution in [-0.2, 0) is 11.2 Å². The number of carbonyl (C=O) groups is 1. The second-order valence-corrected chi connectivity index (χ2v) is 7.79. The summed E-state index contributed by atoms with van der Waals surface area (Å²) in [4.78, 5) is 12.3. The summed E-state index contributed by atoms with van der Waals surface area (Å²) < 4.78 is 6.75. The van der Waals surface area contributed by atoms with Gasteiger partial charge >= 0.3 is 0 Å². The molecule has 3 aromatic carbocycles. The first-order valence-electron chi connectivity index (χ1n) is 8.04. The van der Waals surface area contributed by atoms with Gasteiger partial charge in [-0.3, -0.25) is 4.79 Å². The Morgan fingerprint density at radius 1 is 1.26 bits per heavy atom. The molecule has 0 saturated carbocycles. The van der Waals surface area contributed by atoms with Gasteiger partial charge in [0.2, 0.25) is 5.91 Å². The number of fused-ring (bicyclic) bond motifs is 1. The number of hydrogen-bond donors (Lipinski definition) is 2. The zero-order valence-electron chi connectivity index (χ0n) is 14.4. The quantitative estimate of drug-likeness (QED) is 0.283. The van der Waals surface area contributed by atoms with Gasteiger partial charge in [0.1, 0.15) is 0 Å². The minimum Gasteiger partial charge on any atom is -0.504 e. The summed E-state index contributed by atoms with van der Waals surface area (Å²) in [6.45, 7) is 0. The van der Waals surface area contributed by atoms with Crippen molar-refractivity contribution in [2.45, 2.75) is 6.42 Å². The predicted octanol–water partition coefficient (Wildman–Crippen LogP) is 4.61. The fraction of sp³-hybridized carbons (Fsp3) is 0.100. The lowest BCUT2D eigenvalue weighted by Gasteiger charge is -2.08. The average molecular weight is 539 g/mol. The molecule has 0 aliphatic carbocycles. The van der Waals surface area contributed by atoms with Gasteiger partial charge in [0.05, 0.1) is 23.3 Å². The highest BCUT2D eigenvalue weighted by molar-refractivity contribution is 14.1. The molecule has 0 saturated heterocycles. The van der Waals surface area contributed by atoms with Crippen LogP contribution in [0.3, 0.4) is 0 Å². The van der Waals surface area contributed by atoms with Crippen LogP contribution >= 0.6 is 38.5 Å². The molecule has 1 amide bonds. The maximum atomic E-state index is 12.3. The molecule has 27 heavy (non-hydrogen) atoms. The minimum atomic E-state index is -0.209. The van der Waals surface area contributed by atoms with E-state index in [0.717, 1.165) is 20.8 Å². The van der Waals surface area contributed by atoms with Crippen molar-refractivity contribution in [3.8, 4) is 11.5 Å². The number of phenolic OH excluding ortho intramolecular Hbond substituents is 1. The Morgan fingerprint density at radius 2 is 2.00 bits per heavy atom. The number of nitrogens with zero attached hydrogens (tertiary/aromatic N) is 1. The van der Waals surface area contributed by atoms with Crippen molar-refractivity contribution < 1.29 is 14.6 Å². The fourth-order valence-electron chi connectivity index (χ4n) is 2.69. The van der Waals surface area contributed by atoms with Crippen molar-refractivity contribution in [1.29, 1.82) is 0 Å². The molecule has 7 heteroatoms. The SMILES string of the molecule is COc1cc(C=NNC(=O)Cc2ccc(Br)c3ccccc23)cc(I)c1O. The molecule has 0 heterocycles. The lowest BCUT2D eigenvalue weighted by Crippen LogP contribution is -2.19. The monoisotopic (exact) mass is 538 g/mol. The van der Waals surface area contributed by atoms with Crippen molar-refractivity contribution in [1.82, 2.24) is 5.43 Å². The maximum absolute atomic E-state index is 12.3. The van der Waals surface area contributed by atoms with Gasteiger partial charge in [-0.15, -0.1) is 0 Å². The van der Waals surface area contributed by atoms with E-state index < -0.39 is 0 Å². The average Bonchev–Trinajstić information content (AvgIpc) is 2.67. The Bertz CT molecular complexity index is 1040. The van der Waals surface area contributed by atoms with Crippen molar-refractivity contribution >= 4 is 61.4 Å². The first-order chi connectivity index (χ1) is 13.0. The molecule has 0 unspecified atom stereocenters. The summed E-state index contributed by atoms with van der Waals surface area (Å²) >= 11 is 5.54. The second kappa shape index (κ2) is 8.71. The number of rotatable bonds is 5. The number of hydrogen-bond acceptors (Lipinski definition) is 4. The van der Waals surface area contributed by atoms with Gasteiger partial charge in [0.15, 0.2) is 11.5 Å². The smallest absolute Gasteiger partial charge is 0.244 e. The molecule has 0 fully saturated rings. The number of amides is 1. The molecular weight excluding hydrogens is 523 g/mol. The van der Waals surface area contributed by atoms with E-state index in [4.69, 9.17) is 4.74 Å². The van der Waals surface area contributed by atoms with E-state index in [9.17, 15) is 9.90 Å². The predicted molar refractivity (Wildman–Crippen MR) is 118 cm³/mol. The standard InChI is InChI=1S/C20H16BrIN2O3/c1-27-18-9-12(8-17(22)20(18)26)11-23-24-19(25)10-13-6-7-16(21)15-5-3-2-4-14(13)15/h2-9,11,26H,10H2,1H3,(H,24,25). The molecule has 0 radical (unpaired) electrons.